The zero-order valence-electron chi connectivity index (χ0n) is 10.1. The number of hydrogen-bond acceptors (Lipinski definition) is 2. The lowest BCUT2D eigenvalue weighted by atomic mass is 9.86. The number of furan rings is 1. The van der Waals surface area contributed by atoms with Gasteiger partial charge < -0.3 is 9.73 Å². The third-order valence-electron chi connectivity index (χ3n) is 3.32. The van der Waals surface area contributed by atoms with Gasteiger partial charge in [-0.25, -0.2) is 0 Å². The predicted molar refractivity (Wildman–Crippen MR) is 67.1 cm³/mol. The zero-order valence-corrected chi connectivity index (χ0v) is 10.1. The fourth-order valence-corrected chi connectivity index (χ4v) is 2.40. The van der Waals surface area contributed by atoms with Crippen molar-refractivity contribution < 1.29 is 4.42 Å². The summed E-state index contributed by atoms with van der Waals surface area (Å²) in [6, 6.07) is 4.42. The monoisotopic (exact) mass is 215 g/mol. The van der Waals surface area contributed by atoms with Gasteiger partial charge in [0.1, 0.15) is 5.58 Å². The second kappa shape index (κ2) is 3.03. The van der Waals surface area contributed by atoms with Crippen molar-refractivity contribution in [1.29, 1.82) is 0 Å². The molecule has 0 saturated carbocycles. The maximum atomic E-state index is 5.66. The normalized spacial score (nSPS) is 15.2. The molecule has 16 heavy (non-hydrogen) atoms. The highest BCUT2D eigenvalue weighted by Gasteiger charge is 2.21. The Bertz CT molecular complexity index is 546. The van der Waals surface area contributed by atoms with Crippen LogP contribution in [0.1, 0.15) is 31.9 Å². The molecular weight excluding hydrogens is 198 g/mol. The number of rotatable bonds is 0. The summed E-state index contributed by atoms with van der Waals surface area (Å²) in [7, 11) is 0. The van der Waals surface area contributed by atoms with Gasteiger partial charge in [-0.1, -0.05) is 20.8 Å². The second-order valence-electron chi connectivity index (χ2n) is 5.58. The molecule has 2 heteroatoms. The molecule has 1 aromatic carbocycles. The molecule has 0 atom stereocenters. The standard InChI is InChI=1S/C14H17NO/c1-14(2,3)11-8-16-13-7-12-9(4-5-15-12)6-10(11)13/h6-8,15H,4-5H2,1-3H3. The van der Waals surface area contributed by atoms with Crippen molar-refractivity contribution >= 4 is 16.7 Å². The number of hydrogen-bond donors (Lipinski definition) is 1. The number of nitrogens with one attached hydrogen (secondary N) is 1. The fraction of sp³-hybridized carbons (Fsp3) is 0.429. The largest absolute Gasteiger partial charge is 0.464 e. The van der Waals surface area contributed by atoms with Crippen molar-refractivity contribution in [1.82, 2.24) is 0 Å². The molecule has 1 aromatic heterocycles. The summed E-state index contributed by atoms with van der Waals surface area (Å²) in [6.07, 6.45) is 3.03. The molecule has 2 aromatic rings. The van der Waals surface area contributed by atoms with Gasteiger partial charge in [-0.2, -0.15) is 0 Å². The van der Waals surface area contributed by atoms with Crippen LogP contribution in [0.25, 0.3) is 11.0 Å². The van der Waals surface area contributed by atoms with Gasteiger partial charge in [0.05, 0.1) is 6.26 Å². The molecule has 84 valence electrons. The van der Waals surface area contributed by atoms with Gasteiger partial charge in [0.2, 0.25) is 0 Å². The summed E-state index contributed by atoms with van der Waals surface area (Å²) in [5, 5.41) is 4.65. The van der Waals surface area contributed by atoms with Crippen molar-refractivity contribution in [3.05, 3.63) is 29.5 Å². The average Bonchev–Trinajstić information content (AvgIpc) is 2.76. The van der Waals surface area contributed by atoms with Crippen LogP contribution in [-0.2, 0) is 11.8 Å². The van der Waals surface area contributed by atoms with E-state index in [9.17, 15) is 0 Å². The van der Waals surface area contributed by atoms with Gasteiger partial charge in [0.25, 0.3) is 0 Å². The van der Waals surface area contributed by atoms with Crippen molar-refractivity contribution in [2.75, 3.05) is 11.9 Å². The number of benzene rings is 1. The Labute approximate surface area is 95.6 Å². The lowest BCUT2D eigenvalue weighted by Crippen LogP contribution is -2.09. The minimum absolute atomic E-state index is 0.144. The van der Waals surface area contributed by atoms with E-state index in [-0.39, 0.29) is 5.41 Å². The smallest absolute Gasteiger partial charge is 0.136 e. The molecule has 2 heterocycles. The summed E-state index contributed by atoms with van der Waals surface area (Å²) in [5.41, 5.74) is 5.10. The van der Waals surface area contributed by atoms with E-state index in [1.165, 1.54) is 22.2 Å². The summed E-state index contributed by atoms with van der Waals surface area (Å²) in [6.45, 7) is 7.72. The Balaban J connectivity index is 2.27. The molecule has 0 fully saturated rings. The molecule has 1 aliphatic rings. The summed E-state index contributed by atoms with van der Waals surface area (Å²) < 4.78 is 5.66. The third kappa shape index (κ3) is 1.33. The zero-order chi connectivity index (χ0) is 11.3. The van der Waals surface area contributed by atoms with Crippen LogP contribution in [0.5, 0.6) is 0 Å². The van der Waals surface area contributed by atoms with Gasteiger partial charge in [-0.3, -0.25) is 0 Å². The first-order chi connectivity index (χ1) is 7.55. The van der Waals surface area contributed by atoms with E-state index in [1.54, 1.807) is 0 Å². The molecule has 0 radical (unpaired) electrons. The molecule has 0 spiro atoms. The first-order valence-corrected chi connectivity index (χ1v) is 5.84. The van der Waals surface area contributed by atoms with Crippen LogP contribution in [-0.4, -0.2) is 6.54 Å². The highest BCUT2D eigenvalue weighted by molar-refractivity contribution is 5.87. The minimum Gasteiger partial charge on any atom is -0.464 e. The van der Waals surface area contributed by atoms with Crippen molar-refractivity contribution in [3.8, 4) is 0 Å². The van der Waals surface area contributed by atoms with Crippen molar-refractivity contribution in [2.45, 2.75) is 32.6 Å². The minimum atomic E-state index is 0.144. The maximum absolute atomic E-state index is 5.66. The maximum Gasteiger partial charge on any atom is 0.136 e. The van der Waals surface area contributed by atoms with E-state index in [0.29, 0.717) is 0 Å². The van der Waals surface area contributed by atoms with Crippen LogP contribution in [0.2, 0.25) is 0 Å². The first kappa shape index (κ1) is 9.76. The highest BCUT2D eigenvalue weighted by Crippen LogP contribution is 2.35. The van der Waals surface area contributed by atoms with Crippen LogP contribution in [0, 0.1) is 0 Å². The third-order valence-corrected chi connectivity index (χ3v) is 3.32. The van der Waals surface area contributed by atoms with Crippen LogP contribution >= 0.6 is 0 Å². The van der Waals surface area contributed by atoms with Crippen LogP contribution < -0.4 is 5.32 Å². The van der Waals surface area contributed by atoms with Crippen molar-refractivity contribution in [3.63, 3.8) is 0 Å². The molecule has 3 rings (SSSR count). The number of fused-ring (bicyclic) bond motifs is 2. The molecule has 0 unspecified atom stereocenters. The quantitative estimate of drug-likeness (QED) is 0.725. The Kier molecular flexibility index (Phi) is 1.85. The molecule has 0 aliphatic carbocycles. The SMILES string of the molecule is CC(C)(C)c1coc2cc3c(cc12)CCN3. The first-order valence-electron chi connectivity index (χ1n) is 5.84. The molecule has 1 aliphatic heterocycles. The molecule has 0 bridgehead atoms. The molecule has 1 N–H and O–H groups in total. The van der Waals surface area contributed by atoms with Gasteiger partial charge in [0, 0.05) is 29.2 Å². The van der Waals surface area contributed by atoms with Crippen molar-refractivity contribution in [2.24, 2.45) is 0 Å². The van der Waals surface area contributed by atoms with Crippen LogP contribution in [0.15, 0.2) is 22.8 Å². The lowest BCUT2D eigenvalue weighted by molar-refractivity contribution is 0.557. The topological polar surface area (TPSA) is 25.2 Å². The molecule has 2 nitrogen and oxygen atoms in total. The Hall–Kier alpha value is -1.44. The fourth-order valence-electron chi connectivity index (χ4n) is 2.40. The van der Waals surface area contributed by atoms with E-state index in [1.807, 2.05) is 6.26 Å². The second-order valence-corrected chi connectivity index (χ2v) is 5.58. The van der Waals surface area contributed by atoms with Crippen LogP contribution in [0.3, 0.4) is 0 Å². The predicted octanol–water partition coefficient (Wildman–Crippen LogP) is 3.70. The van der Waals surface area contributed by atoms with E-state index >= 15 is 0 Å². The molecule has 0 amide bonds. The number of anilines is 1. The summed E-state index contributed by atoms with van der Waals surface area (Å²) >= 11 is 0. The Morgan fingerprint density at radius 2 is 2.06 bits per heavy atom. The summed E-state index contributed by atoms with van der Waals surface area (Å²) in [4.78, 5) is 0. The van der Waals surface area contributed by atoms with Gasteiger partial charge in [0.15, 0.2) is 0 Å². The van der Waals surface area contributed by atoms with Gasteiger partial charge >= 0.3 is 0 Å². The van der Waals surface area contributed by atoms with Gasteiger partial charge in [-0.05, 0) is 23.5 Å². The van der Waals surface area contributed by atoms with E-state index in [4.69, 9.17) is 4.42 Å². The average molecular weight is 215 g/mol. The van der Waals surface area contributed by atoms with E-state index in [2.05, 4.69) is 38.2 Å². The molecular formula is C14H17NO. The van der Waals surface area contributed by atoms with Crippen LogP contribution in [0.4, 0.5) is 5.69 Å². The Morgan fingerprint density at radius 3 is 2.81 bits per heavy atom. The van der Waals surface area contributed by atoms with E-state index < -0.39 is 0 Å². The van der Waals surface area contributed by atoms with E-state index in [0.717, 1.165) is 18.5 Å². The highest BCUT2D eigenvalue weighted by atomic mass is 16.3. The summed E-state index contributed by atoms with van der Waals surface area (Å²) in [5.74, 6) is 0. The lowest BCUT2D eigenvalue weighted by Gasteiger charge is -2.16. The molecule has 0 saturated heterocycles. The van der Waals surface area contributed by atoms with Gasteiger partial charge in [-0.15, -0.1) is 0 Å². The Morgan fingerprint density at radius 1 is 1.25 bits per heavy atom.